The summed E-state index contributed by atoms with van der Waals surface area (Å²) < 4.78 is 0. The first-order valence-electron chi connectivity index (χ1n) is 5.76. The van der Waals surface area contributed by atoms with Crippen molar-refractivity contribution in [1.82, 2.24) is 10.3 Å². The first-order chi connectivity index (χ1) is 7.77. The Balaban J connectivity index is 2.49. The SMILES string of the molecule is CCCCNC(=O)c1ccc(NCC)nc1. The Hall–Kier alpha value is -1.58. The lowest BCUT2D eigenvalue weighted by atomic mass is 10.2. The number of amides is 1. The van der Waals surface area contributed by atoms with Crippen LogP contribution in [0.25, 0.3) is 0 Å². The molecule has 4 heteroatoms. The van der Waals surface area contributed by atoms with Crippen LogP contribution in [-0.4, -0.2) is 24.0 Å². The standard InChI is InChI=1S/C12H19N3O/c1-3-5-8-14-12(16)10-6-7-11(13-4-2)15-9-10/h6-7,9H,3-5,8H2,1-2H3,(H,13,15)(H,14,16). The Morgan fingerprint density at radius 1 is 1.38 bits per heavy atom. The first kappa shape index (κ1) is 12.5. The molecule has 1 amide bonds. The highest BCUT2D eigenvalue weighted by Gasteiger charge is 2.04. The van der Waals surface area contributed by atoms with E-state index in [2.05, 4.69) is 22.5 Å². The smallest absolute Gasteiger partial charge is 0.252 e. The molecule has 0 unspecified atom stereocenters. The van der Waals surface area contributed by atoms with Crippen LogP contribution in [0.2, 0.25) is 0 Å². The van der Waals surface area contributed by atoms with Gasteiger partial charge in [0, 0.05) is 19.3 Å². The first-order valence-corrected chi connectivity index (χ1v) is 5.76. The van der Waals surface area contributed by atoms with E-state index in [0.717, 1.165) is 31.7 Å². The summed E-state index contributed by atoms with van der Waals surface area (Å²) in [7, 11) is 0. The van der Waals surface area contributed by atoms with Crippen LogP contribution >= 0.6 is 0 Å². The Morgan fingerprint density at radius 2 is 2.19 bits per heavy atom. The van der Waals surface area contributed by atoms with Gasteiger partial charge in [0.2, 0.25) is 0 Å². The summed E-state index contributed by atoms with van der Waals surface area (Å²) in [6, 6.07) is 3.60. The molecule has 0 aliphatic carbocycles. The summed E-state index contributed by atoms with van der Waals surface area (Å²) in [5.74, 6) is 0.747. The molecule has 0 saturated heterocycles. The van der Waals surface area contributed by atoms with Crippen molar-refractivity contribution in [3.63, 3.8) is 0 Å². The highest BCUT2D eigenvalue weighted by molar-refractivity contribution is 5.93. The third-order valence-corrected chi connectivity index (χ3v) is 2.20. The number of aromatic nitrogens is 1. The second-order valence-electron chi connectivity index (χ2n) is 3.57. The van der Waals surface area contributed by atoms with Crippen LogP contribution in [0, 0.1) is 0 Å². The summed E-state index contributed by atoms with van der Waals surface area (Å²) in [6.07, 6.45) is 3.69. The number of carbonyl (C=O) groups is 1. The maximum absolute atomic E-state index is 11.6. The zero-order valence-electron chi connectivity index (χ0n) is 9.92. The van der Waals surface area contributed by atoms with Crippen molar-refractivity contribution in [2.45, 2.75) is 26.7 Å². The molecule has 1 aromatic heterocycles. The van der Waals surface area contributed by atoms with Gasteiger partial charge in [0.15, 0.2) is 0 Å². The van der Waals surface area contributed by atoms with Gasteiger partial charge in [0.25, 0.3) is 5.91 Å². The number of nitrogens with one attached hydrogen (secondary N) is 2. The maximum atomic E-state index is 11.6. The Morgan fingerprint density at radius 3 is 2.75 bits per heavy atom. The molecule has 16 heavy (non-hydrogen) atoms. The highest BCUT2D eigenvalue weighted by atomic mass is 16.1. The van der Waals surface area contributed by atoms with Crippen LogP contribution in [0.5, 0.6) is 0 Å². The zero-order chi connectivity index (χ0) is 11.8. The number of anilines is 1. The van der Waals surface area contributed by atoms with Crippen molar-refractivity contribution >= 4 is 11.7 Å². The fourth-order valence-corrected chi connectivity index (χ4v) is 1.29. The van der Waals surface area contributed by atoms with E-state index >= 15 is 0 Å². The number of hydrogen-bond acceptors (Lipinski definition) is 3. The van der Waals surface area contributed by atoms with E-state index in [1.165, 1.54) is 0 Å². The number of hydrogen-bond donors (Lipinski definition) is 2. The Kier molecular flexibility index (Phi) is 5.32. The number of pyridine rings is 1. The molecule has 2 N–H and O–H groups in total. The summed E-state index contributed by atoms with van der Waals surface area (Å²) in [5.41, 5.74) is 0.609. The van der Waals surface area contributed by atoms with Crippen LogP contribution in [0.3, 0.4) is 0 Å². The molecule has 1 aromatic rings. The summed E-state index contributed by atoms with van der Waals surface area (Å²) >= 11 is 0. The topological polar surface area (TPSA) is 54.0 Å². The van der Waals surface area contributed by atoms with Gasteiger partial charge < -0.3 is 10.6 Å². The van der Waals surface area contributed by atoms with Crippen molar-refractivity contribution in [3.8, 4) is 0 Å². The molecule has 0 aliphatic rings. The van der Waals surface area contributed by atoms with Gasteiger partial charge in [-0.15, -0.1) is 0 Å². The lowest BCUT2D eigenvalue weighted by Gasteiger charge is -2.05. The zero-order valence-corrected chi connectivity index (χ0v) is 9.92. The third-order valence-electron chi connectivity index (χ3n) is 2.20. The fourth-order valence-electron chi connectivity index (χ4n) is 1.29. The molecule has 0 aromatic carbocycles. The quantitative estimate of drug-likeness (QED) is 0.723. The van der Waals surface area contributed by atoms with Gasteiger partial charge in [0.05, 0.1) is 5.56 Å². The number of carbonyl (C=O) groups excluding carboxylic acids is 1. The van der Waals surface area contributed by atoms with Crippen LogP contribution in [0.15, 0.2) is 18.3 Å². The molecule has 0 atom stereocenters. The molecule has 88 valence electrons. The van der Waals surface area contributed by atoms with E-state index in [4.69, 9.17) is 0 Å². The van der Waals surface area contributed by atoms with Crippen molar-refractivity contribution in [2.24, 2.45) is 0 Å². The molecule has 0 fully saturated rings. The van der Waals surface area contributed by atoms with E-state index in [1.54, 1.807) is 12.3 Å². The predicted octanol–water partition coefficient (Wildman–Crippen LogP) is 2.04. The van der Waals surface area contributed by atoms with Crippen LogP contribution in [-0.2, 0) is 0 Å². The van der Waals surface area contributed by atoms with Crippen LogP contribution in [0.4, 0.5) is 5.82 Å². The van der Waals surface area contributed by atoms with Gasteiger partial charge in [-0.25, -0.2) is 4.98 Å². The van der Waals surface area contributed by atoms with Crippen LogP contribution in [0.1, 0.15) is 37.0 Å². The highest BCUT2D eigenvalue weighted by Crippen LogP contribution is 2.04. The van der Waals surface area contributed by atoms with E-state index in [1.807, 2.05) is 13.0 Å². The average Bonchev–Trinajstić information content (AvgIpc) is 2.30. The molecule has 0 aliphatic heterocycles. The van der Waals surface area contributed by atoms with Crippen molar-refractivity contribution < 1.29 is 4.79 Å². The van der Waals surface area contributed by atoms with Gasteiger partial charge in [-0.05, 0) is 25.5 Å². The predicted molar refractivity (Wildman–Crippen MR) is 65.6 cm³/mol. The fraction of sp³-hybridized carbons (Fsp3) is 0.500. The molecule has 1 rings (SSSR count). The number of unbranched alkanes of at least 4 members (excludes halogenated alkanes) is 1. The van der Waals surface area contributed by atoms with Crippen molar-refractivity contribution in [3.05, 3.63) is 23.9 Å². The summed E-state index contributed by atoms with van der Waals surface area (Å²) in [4.78, 5) is 15.8. The summed E-state index contributed by atoms with van der Waals surface area (Å²) in [5, 5.41) is 5.94. The minimum atomic E-state index is -0.0519. The Labute approximate surface area is 96.5 Å². The molecule has 4 nitrogen and oxygen atoms in total. The monoisotopic (exact) mass is 221 g/mol. The number of nitrogens with zero attached hydrogens (tertiary/aromatic N) is 1. The molecular formula is C12H19N3O. The molecule has 1 heterocycles. The third kappa shape index (κ3) is 3.88. The normalized spacial score (nSPS) is 9.88. The minimum Gasteiger partial charge on any atom is -0.370 e. The maximum Gasteiger partial charge on any atom is 0.252 e. The summed E-state index contributed by atoms with van der Waals surface area (Å²) in [6.45, 7) is 5.66. The minimum absolute atomic E-state index is 0.0519. The van der Waals surface area contributed by atoms with Crippen LogP contribution < -0.4 is 10.6 Å². The lowest BCUT2D eigenvalue weighted by molar-refractivity contribution is 0.0953. The van der Waals surface area contributed by atoms with Gasteiger partial charge in [-0.2, -0.15) is 0 Å². The van der Waals surface area contributed by atoms with E-state index in [9.17, 15) is 4.79 Å². The molecule has 0 saturated carbocycles. The van der Waals surface area contributed by atoms with Crippen molar-refractivity contribution in [2.75, 3.05) is 18.4 Å². The van der Waals surface area contributed by atoms with Gasteiger partial charge >= 0.3 is 0 Å². The lowest BCUT2D eigenvalue weighted by Crippen LogP contribution is -2.24. The Bertz CT molecular complexity index is 322. The molecule has 0 spiro atoms. The average molecular weight is 221 g/mol. The second-order valence-corrected chi connectivity index (χ2v) is 3.57. The van der Waals surface area contributed by atoms with Gasteiger partial charge in [-0.1, -0.05) is 13.3 Å². The van der Waals surface area contributed by atoms with Gasteiger partial charge in [-0.3, -0.25) is 4.79 Å². The molecule has 0 bridgehead atoms. The molecular weight excluding hydrogens is 202 g/mol. The number of rotatable bonds is 6. The molecule has 0 radical (unpaired) electrons. The largest absolute Gasteiger partial charge is 0.370 e. The van der Waals surface area contributed by atoms with Crippen molar-refractivity contribution in [1.29, 1.82) is 0 Å². The van der Waals surface area contributed by atoms with E-state index < -0.39 is 0 Å². The van der Waals surface area contributed by atoms with E-state index in [-0.39, 0.29) is 5.91 Å². The van der Waals surface area contributed by atoms with Gasteiger partial charge in [0.1, 0.15) is 5.82 Å². The second kappa shape index (κ2) is 6.82. The van der Waals surface area contributed by atoms with E-state index in [0.29, 0.717) is 5.56 Å².